The number of aryl methyl sites for hydroxylation is 2. The van der Waals surface area contributed by atoms with E-state index in [-0.39, 0.29) is 16.3 Å². The number of aromatic nitrogens is 4. The number of hydrogen-bond donors (Lipinski definition) is 0. The summed E-state index contributed by atoms with van der Waals surface area (Å²) in [7, 11) is -1.84. The van der Waals surface area contributed by atoms with Gasteiger partial charge in [0.05, 0.1) is 27.9 Å². The fourth-order valence-electron chi connectivity index (χ4n) is 2.39. The molecule has 0 saturated carbocycles. The minimum absolute atomic E-state index is 0.0169. The first-order chi connectivity index (χ1) is 10.8. The van der Waals surface area contributed by atoms with Crippen molar-refractivity contribution in [1.29, 1.82) is 0 Å². The summed E-state index contributed by atoms with van der Waals surface area (Å²) in [6.07, 6.45) is 1.65. The maximum absolute atomic E-state index is 13.6. The predicted octanol–water partition coefficient (Wildman–Crippen LogP) is 2.27. The van der Waals surface area contributed by atoms with Crippen molar-refractivity contribution < 1.29 is 12.8 Å². The lowest BCUT2D eigenvalue weighted by molar-refractivity contribution is 0.577. The average Bonchev–Trinajstić information content (AvgIpc) is 2.83. The second-order valence-electron chi connectivity index (χ2n) is 5.19. The standard InChI is InChI=1S/C15H15FN4O2S/c1-4-23(21,22)12-5-6-13(16)19-14(12)15-18-10-7-9(2)17-8-11(10)20(15)3/h5-8H,4H2,1-3H3. The van der Waals surface area contributed by atoms with E-state index in [1.165, 1.54) is 13.0 Å². The molecule has 0 N–H and O–H groups in total. The lowest BCUT2D eigenvalue weighted by Gasteiger charge is -2.08. The molecule has 3 aromatic heterocycles. The summed E-state index contributed by atoms with van der Waals surface area (Å²) in [5, 5.41) is 0. The van der Waals surface area contributed by atoms with Gasteiger partial charge in [-0.1, -0.05) is 6.92 Å². The molecular formula is C15H15FN4O2S. The Bertz CT molecular complexity index is 1010. The highest BCUT2D eigenvalue weighted by molar-refractivity contribution is 7.91. The maximum Gasteiger partial charge on any atom is 0.213 e. The smallest absolute Gasteiger partial charge is 0.213 e. The van der Waals surface area contributed by atoms with E-state index in [0.29, 0.717) is 11.3 Å². The Morgan fingerprint density at radius 2 is 2.00 bits per heavy atom. The van der Waals surface area contributed by atoms with E-state index in [1.807, 2.05) is 6.92 Å². The third kappa shape index (κ3) is 2.59. The van der Waals surface area contributed by atoms with E-state index < -0.39 is 15.8 Å². The SMILES string of the molecule is CCS(=O)(=O)c1ccc(F)nc1-c1nc2cc(C)ncc2n1C. The normalized spacial score (nSPS) is 12.0. The van der Waals surface area contributed by atoms with Crippen molar-refractivity contribution in [2.75, 3.05) is 5.75 Å². The summed E-state index contributed by atoms with van der Waals surface area (Å²) in [5.74, 6) is -0.562. The Balaban J connectivity index is 2.35. The number of hydrogen-bond acceptors (Lipinski definition) is 5. The highest BCUT2D eigenvalue weighted by Crippen LogP contribution is 2.28. The molecule has 6 nitrogen and oxygen atoms in total. The molecular weight excluding hydrogens is 319 g/mol. The lowest BCUT2D eigenvalue weighted by Crippen LogP contribution is -2.09. The molecule has 0 fully saturated rings. The second-order valence-corrected chi connectivity index (χ2v) is 7.44. The summed E-state index contributed by atoms with van der Waals surface area (Å²) in [6, 6.07) is 4.06. The molecule has 0 aromatic carbocycles. The molecule has 3 aromatic rings. The summed E-state index contributed by atoms with van der Waals surface area (Å²) in [6.45, 7) is 3.37. The van der Waals surface area contributed by atoms with Crippen LogP contribution in [-0.4, -0.2) is 33.7 Å². The van der Waals surface area contributed by atoms with E-state index in [4.69, 9.17) is 0 Å². The minimum Gasteiger partial charge on any atom is -0.324 e. The Morgan fingerprint density at radius 3 is 2.70 bits per heavy atom. The average molecular weight is 334 g/mol. The predicted molar refractivity (Wildman–Crippen MR) is 84.2 cm³/mol. The maximum atomic E-state index is 13.6. The number of pyridine rings is 2. The van der Waals surface area contributed by atoms with E-state index in [0.717, 1.165) is 17.3 Å². The van der Waals surface area contributed by atoms with Crippen molar-refractivity contribution in [1.82, 2.24) is 19.5 Å². The molecule has 0 aliphatic rings. The van der Waals surface area contributed by atoms with Crippen molar-refractivity contribution in [2.45, 2.75) is 18.7 Å². The third-order valence-electron chi connectivity index (χ3n) is 3.66. The molecule has 3 rings (SSSR count). The van der Waals surface area contributed by atoms with Gasteiger partial charge in [0, 0.05) is 12.7 Å². The van der Waals surface area contributed by atoms with Crippen LogP contribution in [0.25, 0.3) is 22.6 Å². The van der Waals surface area contributed by atoms with Gasteiger partial charge in [-0.05, 0) is 25.1 Å². The highest BCUT2D eigenvalue weighted by Gasteiger charge is 2.23. The number of nitrogens with zero attached hydrogens (tertiary/aromatic N) is 4. The van der Waals surface area contributed by atoms with Crippen LogP contribution in [0.4, 0.5) is 4.39 Å². The Labute approximate surface area is 132 Å². The van der Waals surface area contributed by atoms with Crippen LogP contribution in [0.5, 0.6) is 0 Å². The molecule has 0 radical (unpaired) electrons. The molecule has 23 heavy (non-hydrogen) atoms. The topological polar surface area (TPSA) is 77.7 Å². The van der Waals surface area contributed by atoms with E-state index >= 15 is 0 Å². The first-order valence-corrected chi connectivity index (χ1v) is 8.67. The van der Waals surface area contributed by atoms with Crippen LogP contribution >= 0.6 is 0 Å². The first kappa shape index (κ1) is 15.5. The molecule has 0 saturated heterocycles. The summed E-state index contributed by atoms with van der Waals surface area (Å²) in [4.78, 5) is 12.4. The van der Waals surface area contributed by atoms with Crippen LogP contribution in [0.2, 0.25) is 0 Å². The molecule has 0 aliphatic carbocycles. The van der Waals surface area contributed by atoms with Gasteiger partial charge < -0.3 is 4.57 Å². The van der Waals surface area contributed by atoms with E-state index in [2.05, 4.69) is 15.0 Å². The summed E-state index contributed by atoms with van der Waals surface area (Å²) >= 11 is 0. The van der Waals surface area contributed by atoms with Crippen LogP contribution in [0.3, 0.4) is 0 Å². The van der Waals surface area contributed by atoms with Gasteiger partial charge in [0.25, 0.3) is 0 Å². The van der Waals surface area contributed by atoms with Crippen LogP contribution < -0.4 is 0 Å². The first-order valence-electron chi connectivity index (χ1n) is 7.02. The van der Waals surface area contributed by atoms with Crippen molar-refractivity contribution >= 4 is 20.9 Å². The van der Waals surface area contributed by atoms with Crippen LogP contribution in [-0.2, 0) is 16.9 Å². The molecule has 0 atom stereocenters. The molecule has 0 amide bonds. The minimum atomic E-state index is -3.55. The van der Waals surface area contributed by atoms with E-state index in [1.54, 1.807) is 23.9 Å². The fourth-order valence-corrected chi connectivity index (χ4v) is 3.41. The van der Waals surface area contributed by atoms with Crippen molar-refractivity contribution in [3.05, 3.63) is 36.0 Å². The molecule has 0 spiro atoms. The number of sulfone groups is 1. The zero-order chi connectivity index (χ0) is 16.8. The highest BCUT2D eigenvalue weighted by atomic mass is 32.2. The van der Waals surface area contributed by atoms with Crippen LogP contribution in [0.1, 0.15) is 12.6 Å². The third-order valence-corrected chi connectivity index (χ3v) is 5.41. The van der Waals surface area contributed by atoms with Crippen LogP contribution in [0.15, 0.2) is 29.3 Å². The van der Waals surface area contributed by atoms with Gasteiger partial charge >= 0.3 is 0 Å². The Kier molecular flexibility index (Phi) is 3.63. The van der Waals surface area contributed by atoms with Gasteiger partial charge in [-0.2, -0.15) is 4.39 Å². The summed E-state index contributed by atoms with van der Waals surface area (Å²) < 4.78 is 39.8. The Morgan fingerprint density at radius 1 is 1.26 bits per heavy atom. The van der Waals surface area contributed by atoms with Crippen molar-refractivity contribution in [3.63, 3.8) is 0 Å². The molecule has 0 aliphatic heterocycles. The molecule has 0 bridgehead atoms. The number of imidazole rings is 1. The number of halogens is 1. The lowest BCUT2D eigenvalue weighted by atomic mass is 10.3. The monoisotopic (exact) mass is 334 g/mol. The largest absolute Gasteiger partial charge is 0.324 e. The van der Waals surface area contributed by atoms with Crippen molar-refractivity contribution in [2.24, 2.45) is 7.05 Å². The molecule has 8 heteroatoms. The second kappa shape index (κ2) is 5.38. The molecule has 0 unspecified atom stereocenters. The quantitative estimate of drug-likeness (QED) is 0.687. The molecule has 3 heterocycles. The van der Waals surface area contributed by atoms with Gasteiger partial charge in [-0.25, -0.2) is 18.4 Å². The molecule has 120 valence electrons. The zero-order valence-electron chi connectivity index (χ0n) is 12.9. The summed E-state index contributed by atoms with van der Waals surface area (Å²) in [5.41, 5.74) is 2.18. The van der Waals surface area contributed by atoms with Gasteiger partial charge in [0.1, 0.15) is 5.69 Å². The van der Waals surface area contributed by atoms with Crippen LogP contribution in [0, 0.1) is 12.9 Å². The zero-order valence-corrected chi connectivity index (χ0v) is 13.7. The van der Waals surface area contributed by atoms with Gasteiger partial charge in [-0.15, -0.1) is 0 Å². The van der Waals surface area contributed by atoms with E-state index in [9.17, 15) is 12.8 Å². The fraction of sp³-hybridized carbons (Fsp3) is 0.267. The Hall–Kier alpha value is -2.35. The van der Waals surface area contributed by atoms with Gasteiger partial charge in [0.2, 0.25) is 5.95 Å². The number of fused-ring (bicyclic) bond motifs is 1. The van der Waals surface area contributed by atoms with Gasteiger partial charge in [0.15, 0.2) is 15.7 Å². The van der Waals surface area contributed by atoms with Gasteiger partial charge in [-0.3, -0.25) is 4.98 Å². The number of rotatable bonds is 3. The van der Waals surface area contributed by atoms with Crippen molar-refractivity contribution in [3.8, 4) is 11.5 Å².